The Morgan fingerprint density at radius 2 is 2.15 bits per heavy atom. The van der Waals surface area contributed by atoms with Crippen LogP contribution in [-0.2, 0) is 0 Å². The van der Waals surface area contributed by atoms with Crippen LogP contribution in [0.5, 0.6) is 0 Å². The molecule has 0 aromatic carbocycles. The van der Waals surface area contributed by atoms with E-state index in [4.69, 9.17) is 0 Å². The van der Waals surface area contributed by atoms with Gasteiger partial charge in [0, 0.05) is 12.4 Å². The predicted octanol–water partition coefficient (Wildman–Crippen LogP) is 2.09. The third-order valence-electron chi connectivity index (χ3n) is 1.97. The molecule has 2 aromatic heterocycles. The Morgan fingerprint density at radius 3 is 2.77 bits per heavy atom. The lowest BCUT2D eigenvalue weighted by atomic mass is 10.1. The summed E-state index contributed by atoms with van der Waals surface area (Å²) < 4.78 is 0. The van der Waals surface area contributed by atoms with E-state index in [1.54, 1.807) is 6.20 Å². The van der Waals surface area contributed by atoms with Gasteiger partial charge in [-0.1, -0.05) is 6.07 Å². The van der Waals surface area contributed by atoms with E-state index in [9.17, 15) is 0 Å². The fraction of sp³-hybridized carbons (Fsp3) is 0.200. The normalized spacial score (nSPS) is 10.3. The van der Waals surface area contributed by atoms with Crippen LogP contribution in [0, 0.1) is 13.8 Å². The summed E-state index contributed by atoms with van der Waals surface area (Å²) in [7, 11) is 0. The van der Waals surface area contributed by atoms with Crippen LogP contribution in [0.3, 0.4) is 0 Å². The van der Waals surface area contributed by atoms with Crippen molar-refractivity contribution in [3.8, 4) is 11.4 Å². The highest BCUT2D eigenvalue weighted by Crippen LogP contribution is 2.18. The zero-order valence-corrected chi connectivity index (χ0v) is 7.70. The number of nitrogens with one attached hydrogen (secondary N) is 1. The summed E-state index contributed by atoms with van der Waals surface area (Å²) in [6, 6.07) is 4.04. The van der Waals surface area contributed by atoms with Gasteiger partial charge in [-0.3, -0.25) is 10.1 Å². The van der Waals surface area contributed by atoms with E-state index in [1.807, 2.05) is 19.2 Å². The molecule has 2 aromatic rings. The van der Waals surface area contributed by atoms with E-state index in [1.165, 1.54) is 11.1 Å². The van der Waals surface area contributed by atoms with Crippen molar-refractivity contribution in [3.63, 3.8) is 0 Å². The first-order valence-electron chi connectivity index (χ1n) is 4.20. The average Bonchev–Trinajstić information content (AvgIpc) is 2.56. The molecule has 1 N–H and O–H groups in total. The minimum absolute atomic E-state index is 0.970. The van der Waals surface area contributed by atoms with E-state index >= 15 is 0 Å². The Bertz CT molecular complexity index is 404. The summed E-state index contributed by atoms with van der Waals surface area (Å²) >= 11 is 0. The number of rotatable bonds is 1. The molecule has 0 atom stereocenters. The van der Waals surface area contributed by atoms with Gasteiger partial charge in [-0.05, 0) is 31.0 Å². The number of hydrogen-bond donors (Lipinski definition) is 1. The quantitative estimate of drug-likeness (QED) is 0.717. The molecule has 13 heavy (non-hydrogen) atoms. The SMILES string of the molecule is Cc1cnc(-c2ccn[nH]2)c(C)c1. The van der Waals surface area contributed by atoms with Crippen LogP contribution in [-0.4, -0.2) is 15.2 Å². The fourth-order valence-electron chi connectivity index (χ4n) is 1.39. The molecule has 0 aliphatic heterocycles. The maximum atomic E-state index is 4.35. The highest BCUT2D eigenvalue weighted by molar-refractivity contribution is 5.57. The molecule has 3 heteroatoms. The maximum Gasteiger partial charge on any atom is 0.0909 e. The molecule has 0 bridgehead atoms. The number of pyridine rings is 1. The molecule has 0 spiro atoms. The van der Waals surface area contributed by atoms with E-state index in [0.717, 1.165) is 11.4 Å². The van der Waals surface area contributed by atoms with Crippen LogP contribution in [0.1, 0.15) is 11.1 Å². The lowest BCUT2D eigenvalue weighted by Crippen LogP contribution is -1.89. The molecule has 3 nitrogen and oxygen atoms in total. The van der Waals surface area contributed by atoms with Gasteiger partial charge in [-0.2, -0.15) is 5.10 Å². The second-order valence-electron chi connectivity index (χ2n) is 3.15. The number of aromatic amines is 1. The van der Waals surface area contributed by atoms with Crippen LogP contribution < -0.4 is 0 Å². The van der Waals surface area contributed by atoms with Crippen molar-refractivity contribution >= 4 is 0 Å². The van der Waals surface area contributed by atoms with Crippen LogP contribution in [0.15, 0.2) is 24.5 Å². The number of aromatic nitrogens is 3. The molecular formula is C10H11N3. The third-order valence-corrected chi connectivity index (χ3v) is 1.97. The summed E-state index contributed by atoms with van der Waals surface area (Å²) in [5, 5.41) is 6.80. The van der Waals surface area contributed by atoms with Crippen molar-refractivity contribution in [2.75, 3.05) is 0 Å². The minimum Gasteiger partial charge on any atom is -0.276 e. The maximum absolute atomic E-state index is 4.35. The number of hydrogen-bond acceptors (Lipinski definition) is 2. The third kappa shape index (κ3) is 1.45. The topological polar surface area (TPSA) is 41.6 Å². The molecule has 0 fully saturated rings. The molecule has 0 saturated heterocycles. The van der Waals surface area contributed by atoms with Crippen LogP contribution in [0.2, 0.25) is 0 Å². The van der Waals surface area contributed by atoms with Crippen LogP contribution >= 0.6 is 0 Å². The van der Waals surface area contributed by atoms with Crippen molar-refractivity contribution in [2.45, 2.75) is 13.8 Å². The zero-order valence-electron chi connectivity index (χ0n) is 7.70. The van der Waals surface area contributed by atoms with E-state index in [-0.39, 0.29) is 0 Å². The summed E-state index contributed by atoms with van der Waals surface area (Å²) in [4.78, 5) is 4.35. The summed E-state index contributed by atoms with van der Waals surface area (Å²) in [6.45, 7) is 4.09. The number of aryl methyl sites for hydroxylation is 2. The molecule has 0 amide bonds. The Hall–Kier alpha value is -1.64. The monoisotopic (exact) mass is 173 g/mol. The summed E-state index contributed by atoms with van der Waals surface area (Å²) in [6.07, 6.45) is 3.60. The molecule has 2 heterocycles. The second kappa shape index (κ2) is 3.01. The lowest BCUT2D eigenvalue weighted by Gasteiger charge is -2.02. The summed E-state index contributed by atoms with van der Waals surface area (Å²) in [5.41, 5.74) is 4.30. The smallest absolute Gasteiger partial charge is 0.0909 e. The van der Waals surface area contributed by atoms with Crippen molar-refractivity contribution in [2.24, 2.45) is 0 Å². The standard InChI is InChI=1S/C10H11N3/c1-7-5-8(2)10(11-6-7)9-3-4-12-13-9/h3-6H,1-2H3,(H,12,13). The van der Waals surface area contributed by atoms with Crippen LogP contribution in [0.4, 0.5) is 0 Å². The van der Waals surface area contributed by atoms with E-state index in [2.05, 4.69) is 28.2 Å². The number of nitrogens with zero attached hydrogens (tertiary/aromatic N) is 2. The molecular weight excluding hydrogens is 162 g/mol. The highest BCUT2D eigenvalue weighted by atomic mass is 15.1. The Morgan fingerprint density at radius 1 is 1.31 bits per heavy atom. The Kier molecular flexibility index (Phi) is 1.85. The molecule has 0 aliphatic carbocycles. The fourth-order valence-corrected chi connectivity index (χ4v) is 1.39. The molecule has 0 saturated carbocycles. The van der Waals surface area contributed by atoms with Crippen molar-refractivity contribution in [1.82, 2.24) is 15.2 Å². The van der Waals surface area contributed by atoms with Gasteiger partial charge < -0.3 is 0 Å². The Labute approximate surface area is 76.8 Å². The van der Waals surface area contributed by atoms with Gasteiger partial charge >= 0.3 is 0 Å². The lowest BCUT2D eigenvalue weighted by molar-refractivity contribution is 1.08. The van der Waals surface area contributed by atoms with E-state index in [0.29, 0.717) is 0 Å². The first-order chi connectivity index (χ1) is 6.27. The predicted molar refractivity (Wildman–Crippen MR) is 51.3 cm³/mol. The minimum atomic E-state index is 0.970. The van der Waals surface area contributed by atoms with Gasteiger partial charge in [0.1, 0.15) is 0 Å². The molecule has 0 unspecified atom stereocenters. The van der Waals surface area contributed by atoms with Gasteiger partial charge in [0.15, 0.2) is 0 Å². The number of H-pyrrole nitrogens is 1. The van der Waals surface area contributed by atoms with Gasteiger partial charge in [0.2, 0.25) is 0 Å². The molecule has 2 rings (SSSR count). The largest absolute Gasteiger partial charge is 0.276 e. The van der Waals surface area contributed by atoms with Gasteiger partial charge in [-0.15, -0.1) is 0 Å². The highest BCUT2D eigenvalue weighted by Gasteiger charge is 2.03. The average molecular weight is 173 g/mol. The van der Waals surface area contributed by atoms with Gasteiger partial charge in [0.25, 0.3) is 0 Å². The van der Waals surface area contributed by atoms with Gasteiger partial charge in [0.05, 0.1) is 11.4 Å². The Balaban J connectivity index is 2.53. The van der Waals surface area contributed by atoms with Crippen molar-refractivity contribution < 1.29 is 0 Å². The first kappa shape index (κ1) is 7.98. The zero-order chi connectivity index (χ0) is 9.26. The molecule has 66 valence electrons. The van der Waals surface area contributed by atoms with E-state index < -0.39 is 0 Å². The first-order valence-corrected chi connectivity index (χ1v) is 4.20. The van der Waals surface area contributed by atoms with Gasteiger partial charge in [-0.25, -0.2) is 0 Å². The molecule has 0 radical (unpaired) electrons. The second-order valence-corrected chi connectivity index (χ2v) is 3.15. The van der Waals surface area contributed by atoms with Crippen molar-refractivity contribution in [1.29, 1.82) is 0 Å². The van der Waals surface area contributed by atoms with Crippen molar-refractivity contribution in [3.05, 3.63) is 35.7 Å². The molecule has 0 aliphatic rings. The van der Waals surface area contributed by atoms with Crippen LogP contribution in [0.25, 0.3) is 11.4 Å². The summed E-state index contributed by atoms with van der Waals surface area (Å²) in [5.74, 6) is 0.